The molecule has 0 spiro atoms. The van der Waals surface area contributed by atoms with E-state index in [-0.39, 0.29) is 0 Å². The molecule has 3 rings (SSSR count). The SMILES string of the molecule is CCN(Cc1cccc(C)n1)c1snc(N)c1C1CC1. The van der Waals surface area contributed by atoms with Crippen molar-refractivity contribution >= 4 is 22.4 Å². The van der Waals surface area contributed by atoms with Crippen molar-refractivity contribution in [3.05, 3.63) is 35.2 Å². The summed E-state index contributed by atoms with van der Waals surface area (Å²) in [6.45, 7) is 5.96. The molecule has 0 amide bonds. The van der Waals surface area contributed by atoms with Gasteiger partial charge in [-0.05, 0) is 56.3 Å². The zero-order chi connectivity index (χ0) is 14.1. The van der Waals surface area contributed by atoms with Gasteiger partial charge in [0.15, 0.2) is 0 Å². The van der Waals surface area contributed by atoms with E-state index in [9.17, 15) is 0 Å². The van der Waals surface area contributed by atoms with E-state index in [0.717, 1.165) is 30.3 Å². The van der Waals surface area contributed by atoms with Crippen molar-refractivity contribution in [2.45, 2.75) is 39.2 Å². The van der Waals surface area contributed by atoms with Crippen LogP contribution in [0.15, 0.2) is 18.2 Å². The Labute approximate surface area is 123 Å². The van der Waals surface area contributed by atoms with E-state index in [2.05, 4.69) is 33.3 Å². The Kier molecular flexibility index (Phi) is 3.61. The van der Waals surface area contributed by atoms with Crippen LogP contribution in [0.2, 0.25) is 0 Å². The van der Waals surface area contributed by atoms with Crippen molar-refractivity contribution in [3.8, 4) is 0 Å². The molecule has 106 valence electrons. The number of nitrogens with two attached hydrogens (primary N) is 1. The molecule has 0 aliphatic heterocycles. The quantitative estimate of drug-likeness (QED) is 0.917. The molecule has 1 aliphatic rings. The van der Waals surface area contributed by atoms with Gasteiger partial charge >= 0.3 is 0 Å². The average Bonchev–Trinajstić information content (AvgIpc) is 3.19. The number of nitrogen functional groups attached to an aromatic ring is 1. The standard InChI is InChI=1S/C15H20N4S/c1-3-19(9-12-6-4-5-10(2)17-12)15-13(11-7-8-11)14(16)18-20-15/h4-6,11H,3,7-9H2,1-2H3,(H2,16,18). The van der Waals surface area contributed by atoms with E-state index in [1.807, 2.05) is 13.0 Å². The highest BCUT2D eigenvalue weighted by atomic mass is 32.1. The summed E-state index contributed by atoms with van der Waals surface area (Å²) in [5.41, 5.74) is 9.48. The van der Waals surface area contributed by atoms with Crippen LogP contribution in [-0.2, 0) is 6.54 Å². The van der Waals surface area contributed by atoms with Crippen molar-refractivity contribution in [3.63, 3.8) is 0 Å². The number of nitrogens with zero attached hydrogens (tertiary/aromatic N) is 3. The van der Waals surface area contributed by atoms with E-state index in [1.54, 1.807) is 0 Å². The molecule has 20 heavy (non-hydrogen) atoms. The van der Waals surface area contributed by atoms with E-state index < -0.39 is 0 Å². The van der Waals surface area contributed by atoms with Gasteiger partial charge < -0.3 is 10.6 Å². The second-order valence-electron chi connectivity index (χ2n) is 5.35. The minimum absolute atomic E-state index is 0.628. The summed E-state index contributed by atoms with van der Waals surface area (Å²) in [5, 5.41) is 1.23. The van der Waals surface area contributed by atoms with Gasteiger partial charge in [-0.15, -0.1) is 0 Å². The van der Waals surface area contributed by atoms with Crippen LogP contribution < -0.4 is 10.6 Å². The molecule has 0 aromatic carbocycles. The van der Waals surface area contributed by atoms with E-state index in [0.29, 0.717) is 5.92 Å². The van der Waals surface area contributed by atoms with Crippen LogP contribution in [0.1, 0.15) is 42.6 Å². The Hall–Kier alpha value is -1.62. The second kappa shape index (κ2) is 5.40. The fourth-order valence-corrected chi connectivity index (χ4v) is 3.46. The Morgan fingerprint density at radius 1 is 1.40 bits per heavy atom. The molecule has 1 fully saturated rings. The lowest BCUT2D eigenvalue weighted by Gasteiger charge is -2.22. The van der Waals surface area contributed by atoms with Crippen LogP contribution in [0.5, 0.6) is 0 Å². The molecule has 1 saturated carbocycles. The third-order valence-corrected chi connectivity index (χ3v) is 4.63. The van der Waals surface area contributed by atoms with E-state index in [4.69, 9.17) is 5.73 Å². The summed E-state index contributed by atoms with van der Waals surface area (Å²) < 4.78 is 4.36. The fourth-order valence-electron chi connectivity index (χ4n) is 2.49. The third kappa shape index (κ3) is 2.63. The molecule has 4 nitrogen and oxygen atoms in total. The number of aryl methyl sites for hydroxylation is 1. The minimum atomic E-state index is 0.628. The molecule has 0 radical (unpaired) electrons. The molecule has 0 bridgehead atoms. The maximum absolute atomic E-state index is 6.05. The first kappa shape index (κ1) is 13.4. The molecule has 2 heterocycles. The Morgan fingerprint density at radius 3 is 2.85 bits per heavy atom. The minimum Gasteiger partial charge on any atom is -0.383 e. The third-order valence-electron chi connectivity index (χ3n) is 3.69. The summed E-state index contributed by atoms with van der Waals surface area (Å²) in [4.78, 5) is 6.93. The van der Waals surface area contributed by atoms with Gasteiger partial charge in [-0.3, -0.25) is 4.98 Å². The lowest BCUT2D eigenvalue weighted by atomic mass is 10.2. The Morgan fingerprint density at radius 2 is 2.20 bits per heavy atom. The van der Waals surface area contributed by atoms with Gasteiger partial charge in [0, 0.05) is 17.8 Å². The first-order valence-electron chi connectivity index (χ1n) is 7.11. The topological polar surface area (TPSA) is 55.0 Å². The van der Waals surface area contributed by atoms with Gasteiger partial charge in [0.1, 0.15) is 10.8 Å². The highest BCUT2D eigenvalue weighted by Crippen LogP contribution is 2.48. The summed E-state index contributed by atoms with van der Waals surface area (Å²) in [6, 6.07) is 6.17. The molecule has 0 atom stereocenters. The smallest absolute Gasteiger partial charge is 0.142 e. The van der Waals surface area contributed by atoms with Crippen LogP contribution in [0, 0.1) is 6.92 Å². The summed E-state index contributed by atoms with van der Waals surface area (Å²) in [5.74, 6) is 1.35. The fraction of sp³-hybridized carbons (Fsp3) is 0.467. The summed E-state index contributed by atoms with van der Waals surface area (Å²) >= 11 is 1.52. The largest absolute Gasteiger partial charge is 0.383 e. The van der Waals surface area contributed by atoms with Crippen LogP contribution >= 0.6 is 11.5 Å². The Bertz CT molecular complexity index is 604. The van der Waals surface area contributed by atoms with Crippen molar-refractivity contribution in [2.24, 2.45) is 0 Å². The van der Waals surface area contributed by atoms with Gasteiger partial charge in [-0.2, -0.15) is 4.37 Å². The van der Waals surface area contributed by atoms with E-state index >= 15 is 0 Å². The number of pyridine rings is 1. The molecular formula is C15H20N4S. The maximum Gasteiger partial charge on any atom is 0.142 e. The Balaban J connectivity index is 1.86. The van der Waals surface area contributed by atoms with Crippen molar-refractivity contribution < 1.29 is 0 Å². The maximum atomic E-state index is 6.05. The first-order chi connectivity index (χ1) is 9.69. The van der Waals surface area contributed by atoms with Crippen molar-refractivity contribution in [1.29, 1.82) is 0 Å². The highest BCUT2D eigenvalue weighted by Gasteiger charge is 2.32. The van der Waals surface area contributed by atoms with Gasteiger partial charge in [-0.25, -0.2) is 0 Å². The molecule has 0 unspecified atom stereocenters. The van der Waals surface area contributed by atoms with Crippen LogP contribution in [0.3, 0.4) is 0 Å². The number of hydrogen-bond acceptors (Lipinski definition) is 5. The van der Waals surface area contributed by atoms with Gasteiger partial charge in [0.2, 0.25) is 0 Å². The average molecular weight is 288 g/mol. The highest BCUT2D eigenvalue weighted by molar-refractivity contribution is 7.10. The van der Waals surface area contributed by atoms with Gasteiger partial charge in [0.05, 0.1) is 12.2 Å². The molecule has 2 N–H and O–H groups in total. The van der Waals surface area contributed by atoms with Crippen LogP contribution in [0.4, 0.5) is 10.8 Å². The van der Waals surface area contributed by atoms with Crippen molar-refractivity contribution in [2.75, 3.05) is 17.2 Å². The molecule has 5 heteroatoms. The van der Waals surface area contributed by atoms with Gasteiger partial charge in [0.25, 0.3) is 0 Å². The molecule has 2 aromatic rings. The lowest BCUT2D eigenvalue weighted by Crippen LogP contribution is -2.22. The monoisotopic (exact) mass is 288 g/mol. The summed E-state index contributed by atoms with van der Waals surface area (Å²) in [7, 11) is 0. The molecule has 1 aliphatic carbocycles. The molecule has 0 saturated heterocycles. The normalized spacial score (nSPS) is 14.5. The van der Waals surface area contributed by atoms with Gasteiger partial charge in [-0.1, -0.05) is 6.07 Å². The number of rotatable bonds is 5. The van der Waals surface area contributed by atoms with Crippen LogP contribution in [0.25, 0.3) is 0 Å². The number of anilines is 2. The zero-order valence-electron chi connectivity index (χ0n) is 12.0. The number of aromatic nitrogens is 2. The zero-order valence-corrected chi connectivity index (χ0v) is 12.8. The predicted molar refractivity (Wildman–Crippen MR) is 84.2 cm³/mol. The molecular weight excluding hydrogens is 268 g/mol. The number of hydrogen-bond donors (Lipinski definition) is 1. The van der Waals surface area contributed by atoms with E-state index in [1.165, 1.54) is 34.9 Å². The van der Waals surface area contributed by atoms with Crippen LogP contribution in [-0.4, -0.2) is 15.9 Å². The first-order valence-corrected chi connectivity index (χ1v) is 7.89. The van der Waals surface area contributed by atoms with Crippen molar-refractivity contribution in [1.82, 2.24) is 9.36 Å². The lowest BCUT2D eigenvalue weighted by molar-refractivity contribution is 0.807. The molecule has 2 aromatic heterocycles. The predicted octanol–water partition coefficient (Wildman–Crippen LogP) is 3.33. The second-order valence-corrected chi connectivity index (χ2v) is 6.10. The summed E-state index contributed by atoms with van der Waals surface area (Å²) in [6.07, 6.45) is 2.49.